The van der Waals surface area contributed by atoms with E-state index >= 15 is 0 Å². The molecule has 0 aliphatic heterocycles. The van der Waals surface area contributed by atoms with E-state index in [-0.39, 0.29) is 6.04 Å². The summed E-state index contributed by atoms with van der Waals surface area (Å²) >= 11 is 1.69. The van der Waals surface area contributed by atoms with Gasteiger partial charge < -0.3 is 10.1 Å². The Labute approximate surface area is 112 Å². The van der Waals surface area contributed by atoms with Crippen molar-refractivity contribution < 1.29 is 4.74 Å². The van der Waals surface area contributed by atoms with Crippen LogP contribution >= 0.6 is 11.3 Å². The molecule has 96 valence electrons. The molecule has 18 heavy (non-hydrogen) atoms. The number of hydrogen-bond acceptors (Lipinski definition) is 4. The Kier molecular flexibility index (Phi) is 4.33. The molecule has 1 N–H and O–H groups in total. The first kappa shape index (κ1) is 13.1. The number of thiazole rings is 1. The predicted molar refractivity (Wildman–Crippen MR) is 75.4 cm³/mol. The highest BCUT2D eigenvalue weighted by molar-refractivity contribution is 7.09. The molecular formula is C14H18N2OS. The number of hydrogen-bond donors (Lipinski definition) is 1. The van der Waals surface area contributed by atoms with Gasteiger partial charge in [0.1, 0.15) is 5.75 Å². The molecule has 0 spiro atoms. The fourth-order valence-corrected chi connectivity index (χ4v) is 2.90. The number of aryl methyl sites for hydroxylation is 1. The van der Waals surface area contributed by atoms with Crippen molar-refractivity contribution >= 4 is 11.3 Å². The number of nitrogens with zero attached hydrogens (tertiary/aromatic N) is 1. The summed E-state index contributed by atoms with van der Waals surface area (Å²) < 4.78 is 5.46. The number of aromatic nitrogens is 1. The molecule has 0 aliphatic rings. The molecule has 1 atom stereocenters. The molecule has 1 heterocycles. The lowest BCUT2D eigenvalue weighted by atomic mass is 10.0. The second-order valence-corrected chi connectivity index (χ2v) is 4.91. The van der Waals surface area contributed by atoms with Gasteiger partial charge in [-0.1, -0.05) is 12.1 Å². The van der Waals surface area contributed by atoms with Crippen LogP contribution in [0.15, 0.2) is 29.8 Å². The van der Waals surface area contributed by atoms with Gasteiger partial charge in [0.05, 0.1) is 23.9 Å². The largest absolute Gasteiger partial charge is 0.494 e. The standard InChI is InChI=1S/C14H18N2OS/c1-4-17-12-7-5-11(6-8-12)13(15-3)14-10(2)16-9-18-14/h5-9,13,15H,4H2,1-3H3. The molecule has 1 aromatic carbocycles. The van der Waals surface area contributed by atoms with Crippen LogP contribution < -0.4 is 10.1 Å². The minimum atomic E-state index is 0.202. The fraction of sp³-hybridized carbons (Fsp3) is 0.357. The lowest BCUT2D eigenvalue weighted by molar-refractivity contribution is 0.340. The number of nitrogens with one attached hydrogen (secondary N) is 1. The van der Waals surface area contributed by atoms with Crippen LogP contribution in [0.25, 0.3) is 0 Å². The number of benzene rings is 1. The van der Waals surface area contributed by atoms with E-state index < -0.39 is 0 Å². The SMILES string of the molecule is CCOc1ccc(C(NC)c2scnc2C)cc1. The van der Waals surface area contributed by atoms with E-state index in [0.717, 1.165) is 11.4 Å². The number of rotatable bonds is 5. The smallest absolute Gasteiger partial charge is 0.119 e. The summed E-state index contributed by atoms with van der Waals surface area (Å²) in [5, 5.41) is 3.34. The molecule has 0 amide bonds. The second-order valence-electron chi connectivity index (χ2n) is 4.03. The topological polar surface area (TPSA) is 34.1 Å². The molecule has 2 aromatic rings. The van der Waals surface area contributed by atoms with Crippen molar-refractivity contribution in [3.8, 4) is 5.75 Å². The Morgan fingerprint density at radius 1 is 1.33 bits per heavy atom. The van der Waals surface area contributed by atoms with Gasteiger partial charge in [-0.3, -0.25) is 0 Å². The molecule has 0 radical (unpaired) electrons. The van der Waals surface area contributed by atoms with Gasteiger partial charge in [0.25, 0.3) is 0 Å². The van der Waals surface area contributed by atoms with Crippen LogP contribution in [0, 0.1) is 6.92 Å². The van der Waals surface area contributed by atoms with Crippen LogP contribution in [0.2, 0.25) is 0 Å². The summed E-state index contributed by atoms with van der Waals surface area (Å²) in [6.07, 6.45) is 0. The molecule has 0 saturated heterocycles. The van der Waals surface area contributed by atoms with E-state index in [1.807, 2.05) is 38.5 Å². The average Bonchev–Trinajstić information content (AvgIpc) is 2.79. The maximum Gasteiger partial charge on any atom is 0.119 e. The minimum Gasteiger partial charge on any atom is -0.494 e. The van der Waals surface area contributed by atoms with Gasteiger partial charge in [0.2, 0.25) is 0 Å². The summed E-state index contributed by atoms with van der Waals surface area (Å²) in [6, 6.07) is 8.43. The Bertz CT molecular complexity index is 493. The maximum absolute atomic E-state index is 5.46. The fourth-order valence-electron chi connectivity index (χ4n) is 1.96. The number of ether oxygens (including phenoxy) is 1. The van der Waals surface area contributed by atoms with Crippen LogP contribution in [0.4, 0.5) is 0 Å². The highest BCUT2D eigenvalue weighted by atomic mass is 32.1. The molecule has 0 bridgehead atoms. The van der Waals surface area contributed by atoms with Crippen molar-refractivity contribution in [2.75, 3.05) is 13.7 Å². The Hall–Kier alpha value is -1.39. The quantitative estimate of drug-likeness (QED) is 0.898. The van der Waals surface area contributed by atoms with E-state index in [4.69, 9.17) is 4.74 Å². The molecule has 1 unspecified atom stereocenters. The maximum atomic E-state index is 5.46. The third-order valence-corrected chi connectivity index (χ3v) is 3.85. The van der Waals surface area contributed by atoms with Gasteiger partial charge in [-0.2, -0.15) is 0 Å². The predicted octanol–water partition coefficient (Wildman–Crippen LogP) is 3.16. The van der Waals surface area contributed by atoms with Crippen molar-refractivity contribution in [3.05, 3.63) is 45.9 Å². The monoisotopic (exact) mass is 262 g/mol. The lowest BCUT2D eigenvalue weighted by Gasteiger charge is -2.16. The third kappa shape index (κ3) is 2.71. The molecular weight excluding hydrogens is 244 g/mol. The van der Waals surface area contributed by atoms with E-state index in [0.29, 0.717) is 6.61 Å². The first-order chi connectivity index (χ1) is 8.76. The zero-order chi connectivity index (χ0) is 13.0. The summed E-state index contributed by atoms with van der Waals surface area (Å²) in [7, 11) is 1.97. The summed E-state index contributed by atoms with van der Waals surface area (Å²) in [5.74, 6) is 0.914. The van der Waals surface area contributed by atoms with Crippen molar-refractivity contribution in [1.29, 1.82) is 0 Å². The molecule has 2 rings (SSSR count). The van der Waals surface area contributed by atoms with Gasteiger partial charge in [-0.25, -0.2) is 4.98 Å². The Morgan fingerprint density at radius 2 is 2.06 bits per heavy atom. The second kappa shape index (κ2) is 5.98. The first-order valence-corrected chi connectivity index (χ1v) is 6.94. The third-order valence-electron chi connectivity index (χ3n) is 2.86. The Morgan fingerprint density at radius 3 is 2.56 bits per heavy atom. The molecule has 0 fully saturated rings. The normalized spacial score (nSPS) is 12.4. The molecule has 4 heteroatoms. The van der Waals surface area contributed by atoms with E-state index in [2.05, 4.69) is 22.4 Å². The van der Waals surface area contributed by atoms with Crippen molar-refractivity contribution in [1.82, 2.24) is 10.3 Å². The van der Waals surface area contributed by atoms with E-state index in [9.17, 15) is 0 Å². The molecule has 3 nitrogen and oxygen atoms in total. The van der Waals surface area contributed by atoms with Gasteiger partial charge in [-0.05, 0) is 38.6 Å². The lowest BCUT2D eigenvalue weighted by Crippen LogP contribution is -2.17. The van der Waals surface area contributed by atoms with Crippen LogP contribution in [0.1, 0.15) is 29.1 Å². The van der Waals surface area contributed by atoms with Gasteiger partial charge >= 0.3 is 0 Å². The highest BCUT2D eigenvalue weighted by Crippen LogP contribution is 2.28. The summed E-state index contributed by atoms with van der Waals surface area (Å²) in [4.78, 5) is 5.58. The van der Waals surface area contributed by atoms with Crippen LogP contribution in [-0.2, 0) is 0 Å². The van der Waals surface area contributed by atoms with Gasteiger partial charge in [-0.15, -0.1) is 11.3 Å². The van der Waals surface area contributed by atoms with Crippen molar-refractivity contribution in [2.45, 2.75) is 19.9 Å². The van der Waals surface area contributed by atoms with Crippen LogP contribution in [0.3, 0.4) is 0 Å². The van der Waals surface area contributed by atoms with Crippen LogP contribution in [-0.4, -0.2) is 18.6 Å². The summed E-state index contributed by atoms with van der Waals surface area (Å²) in [6.45, 7) is 4.73. The van der Waals surface area contributed by atoms with Crippen molar-refractivity contribution in [2.24, 2.45) is 0 Å². The van der Waals surface area contributed by atoms with Gasteiger partial charge in [0, 0.05) is 4.88 Å². The zero-order valence-corrected chi connectivity index (χ0v) is 11.8. The molecule has 0 saturated carbocycles. The molecule has 0 aliphatic carbocycles. The van der Waals surface area contributed by atoms with E-state index in [1.54, 1.807) is 11.3 Å². The highest BCUT2D eigenvalue weighted by Gasteiger charge is 2.16. The Balaban J connectivity index is 2.25. The average molecular weight is 262 g/mol. The minimum absolute atomic E-state index is 0.202. The summed E-state index contributed by atoms with van der Waals surface area (Å²) in [5.41, 5.74) is 4.21. The van der Waals surface area contributed by atoms with E-state index in [1.165, 1.54) is 10.4 Å². The first-order valence-electron chi connectivity index (χ1n) is 6.06. The zero-order valence-electron chi connectivity index (χ0n) is 10.9. The molecule has 1 aromatic heterocycles. The van der Waals surface area contributed by atoms with Gasteiger partial charge in [0.15, 0.2) is 0 Å². The van der Waals surface area contributed by atoms with Crippen molar-refractivity contribution in [3.63, 3.8) is 0 Å². The van der Waals surface area contributed by atoms with Crippen LogP contribution in [0.5, 0.6) is 5.75 Å².